The molecule has 0 aliphatic heterocycles. The van der Waals surface area contributed by atoms with Gasteiger partial charge in [0.25, 0.3) is 5.91 Å². The average molecular weight is 417 g/mol. The zero-order valence-corrected chi connectivity index (χ0v) is 18.4. The van der Waals surface area contributed by atoms with Gasteiger partial charge in [-0.2, -0.15) is 0 Å². The highest BCUT2D eigenvalue weighted by Crippen LogP contribution is 2.18. The highest BCUT2D eigenvalue weighted by molar-refractivity contribution is 6.30. The Morgan fingerprint density at radius 2 is 1.83 bits per heavy atom. The Morgan fingerprint density at radius 1 is 1.14 bits per heavy atom. The molecule has 0 fully saturated rings. The maximum Gasteiger partial charge on any atom is 0.261 e. The molecule has 2 aromatic carbocycles. The largest absolute Gasteiger partial charge is 0.484 e. The van der Waals surface area contributed by atoms with Gasteiger partial charge in [-0.05, 0) is 58.4 Å². The number of ether oxygens (including phenoxy) is 1. The lowest BCUT2D eigenvalue weighted by atomic mass is 10.1. The first kappa shape index (κ1) is 22.8. The van der Waals surface area contributed by atoms with Gasteiger partial charge in [-0.1, -0.05) is 47.5 Å². The number of aryl methyl sites for hydroxylation is 1. The molecule has 0 radical (unpaired) electrons. The molecule has 0 heterocycles. The summed E-state index contributed by atoms with van der Waals surface area (Å²) in [4.78, 5) is 27.2. The lowest BCUT2D eigenvalue weighted by Gasteiger charge is -2.31. The first-order chi connectivity index (χ1) is 13.5. The van der Waals surface area contributed by atoms with E-state index >= 15 is 0 Å². The summed E-state index contributed by atoms with van der Waals surface area (Å²) in [5.41, 5.74) is 1.66. The number of nitrogens with zero attached hydrogens (tertiary/aromatic N) is 1. The van der Waals surface area contributed by atoms with E-state index < -0.39 is 6.04 Å². The number of hydrogen-bond donors (Lipinski definition) is 1. The molecular formula is C23H29ClN2O3. The normalized spacial score (nSPS) is 12.2. The van der Waals surface area contributed by atoms with E-state index in [-0.39, 0.29) is 24.0 Å². The van der Waals surface area contributed by atoms with Crippen molar-refractivity contribution in [3.63, 3.8) is 0 Å². The van der Waals surface area contributed by atoms with Crippen LogP contribution in [0, 0.1) is 6.92 Å². The molecule has 0 saturated carbocycles. The topological polar surface area (TPSA) is 58.6 Å². The van der Waals surface area contributed by atoms with Crippen molar-refractivity contribution >= 4 is 23.4 Å². The van der Waals surface area contributed by atoms with Crippen LogP contribution in [0.1, 0.15) is 38.8 Å². The second-order valence-corrected chi connectivity index (χ2v) is 8.61. The van der Waals surface area contributed by atoms with Crippen LogP contribution in [-0.4, -0.2) is 34.9 Å². The third-order valence-electron chi connectivity index (χ3n) is 4.26. The molecule has 0 saturated heterocycles. The van der Waals surface area contributed by atoms with Gasteiger partial charge in [0.05, 0.1) is 0 Å². The summed E-state index contributed by atoms with van der Waals surface area (Å²) >= 11 is 5.97. The summed E-state index contributed by atoms with van der Waals surface area (Å²) in [6, 6.07) is 14.1. The van der Waals surface area contributed by atoms with Crippen LogP contribution in [0.25, 0.3) is 0 Å². The Labute approximate surface area is 178 Å². The summed E-state index contributed by atoms with van der Waals surface area (Å²) in [6.07, 6.45) is 0. The summed E-state index contributed by atoms with van der Waals surface area (Å²) in [6.45, 7) is 9.59. The van der Waals surface area contributed by atoms with Crippen LogP contribution < -0.4 is 10.1 Å². The van der Waals surface area contributed by atoms with Crippen molar-refractivity contribution in [3.05, 3.63) is 64.7 Å². The van der Waals surface area contributed by atoms with Gasteiger partial charge in [0.1, 0.15) is 11.8 Å². The van der Waals surface area contributed by atoms with Crippen molar-refractivity contribution in [2.75, 3.05) is 6.61 Å². The highest BCUT2D eigenvalue weighted by Gasteiger charge is 2.28. The Bertz CT molecular complexity index is 861. The van der Waals surface area contributed by atoms with E-state index in [1.54, 1.807) is 36.1 Å². The number of amides is 2. The fraction of sp³-hybridized carbons (Fsp3) is 0.391. The van der Waals surface area contributed by atoms with Gasteiger partial charge in [-0.15, -0.1) is 0 Å². The summed E-state index contributed by atoms with van der Waals surface area (Å²) < 4.78 is 5.61. The van der Waals surface area contributed by atoms with Gasteiger partial charge in [0, 0.05) is 17.1 Å². The van der Waals surface area contributed by atoms with Crippen molar-refractivity contribution in [2.24, 2.45) is 0 Å². The van der Waals surface area contributed by atoms with E-state index in [2.05, 4.69) is 5.32 Å². The number of hydrogen-bond acceptors (Lipinski definition) is 3. The highest BCUT2D eigenvalue weighted by atomic mass is 35.5. The maximum absolute atomic E-state index is 13.0. The predicted octanol–water partition coefficient (Wildman–Crippen LogP) is 4.36. The first-order valence-electron chi connectivity index (χ1n) is 9.60. The zero-order chi connectivity index (χ0) is 21.6. The van der Waals surface area contributed by atoms with Gasteiger partial charge in [0.15, 0.2) is 6.61 Å². The molecule has 156 valence electrons. The molecule has 6 heteroatoms. The van der Waals surface area contributed by atoms with Gasteiger partial charge in [0.2, 0.25) is 5.91 Å². The first-order valence-corrected chi connectivity index (χ1v) is 9.98. The third-order valence-corrected chi connectivity index (χ3v) is 4.49. The Balaban J connectivity index is 2.18. The molecule has 1 N–H and O–H groups in total. The number of carbonyl (C=O) groups is 2. The minimum atomic E-state index is -0.648. The van der Waals surface area contributed by atoms with Gasteiger partial charge < -0.3 is 15.0 Å². The minimum Gasteiger partial charge on any atom is -0.484 e. The Hall–Kier alpha value is -2.53. The smallest absolute Gasteiger partial charge is 0.261 e. The number of benzene rings is 2. The van der Waals surface area contributed by atoms with Crippen LogP contribution in [0.5, 0.6) is 5.75 Å². The lowest BCUT2D eigenvalue weighted by molar-refractivity contribution is -0.142. The van der Waals surface area contributed by atoms with Crippen LogP contribution in [0.4, 0.5) is 0 Å². The fourth-order valence-corrected chi connectivity index (χ4v) is 3.03. The van der Waals surface area contributed by atoms with E-state index in [9.17, 15) is 9.59 Å². The molecule has 2 rings (SSSR count). The van der Waals surface area contributed by atoms with Crippen molar-refractivity contribution in [3.8, 4) is 5.75 Å². The molecule has 0 aromatic heterocycles. The van der Waals surface area contributed by atoms with Crippen LogP contribution in [0.2, 0.25) is 5.02 Å². The van der Waals surface area contributed by atoms with Gasteiger partial charge >= 0.3 is 0 Å². The van der Waals surface area contributed by atoms with Gasteiger partial charge in [-0.3, -0.25) is 9.59 Å². The van der Waals surface area contributed by atoms with E-state index in [4.69, 9.17) is 16.3 Å². The SMILES string of the molecule is Cc1cccc(CN(C(=O)COc2cccc(Cl)c2)[C@@H](C)C(=O)NC(C)(C)C)c1. The second-order valence-electron chi connectivity index (χ2n) is 8.17. The van der Waals surface area contributed by atoms with E-state index in [1.165, 1.54) is 0 Å². The number of nitrogens with one attached hydrogen (secondary N) is 1. The summed E-state index contributed by atoms with van der Waals surface area (Å²) in [7, 11) is 0. The average Bonchev–Trinajstić information content (AvgIpc) is 2.62. The molecule has 2 amide bonds. The second kappa shape index (κ2) is 9.79. The van der Waals surface area contributed by atoms with Gasteiger partial charge in [-0.25, -0.2) is 0 Å². The van der Waals surface area contributed by atoms with Crippen LogP contribution in [-0.2, 0) is 16.1 Å². The number of halogens is 1. The van der Waals surface area contributed by atoms with Crippen molar-refractivity contribution in [2.45, 2.75) is 52.7 Å². The minimum absolute atomic E-state index is 0.181. The Morgan fingerprint density at radius 3 is 2.45 bits per heavy atom. The zero-order valence-electron chi connectivity index (χ0n) is 17.7. The van der Waals surface area contributed by atoms with Crippen LogP contribution in [0.15, 0.2) is 48.5 Å². The quantitative estimate of drug-likeness (QED) is 0.729. The number of carbonyl (C=O) groups excluding carboxylic acids is 2. The summed E-state index contributed by atoms with van der Waals surface area (Å²) in [5.74, 6) is 0.0254. The maximum atomic E-state index is 13.0. The number of rotatable bonds is 7. The third kappa shape index (κ3) is 7.42. The van der Waals surface area contributed by atoms with Crippen LogP contribution >= 0.6 is 11.6 Å². The van der Waals surface area contributed by atoms with E-state index in [1.807, 2.05) is 52.0 Å². The van der Waals surface area contributed by atoms with Crippen molar-refractivity contribution in [1.29, 1.82) is 0 Å². The molecule has 0 bridgehead atoms. The molecule has 2 aromatic rings. The Kier molecular flexibility index (Phi) is 7.68. The molecule has 5 nitrogen and oxygen atoms in total. The predicted molar refractivity (Wildman–Crippen MR) is 116 cm³/mol. The van der Waals surface area contributed by atoms with E-state index in [0.29, 0.717) is 17.3 Å². The molecule has 0 spiro atoms. The molecule has 1 atom stereocenters. The van der Waals surface area contributed by atoms with Crippen LogP contribution in [0.3, 0.4) is 0 Å². The van der Waals surface area contributed by atoms with Crippen molar-refractivity contribution < 1.29 is 14.3 Å². The summed E-state index contributed by atoms with van der Waals surface area (Å²) in [5, 5.41) is 3.47. The molecule has 29 heavy (non-hydrogen) atoms. The molecular weight excluding hydrogens is 388 g/mol. The van der Waals surface area contributed by atoms with Crippen molar-refractivity contribution in [1.82, 2.24) is 10.2 Å². The standard InChI is InChI=1S/C23H29ClN2O3/c1-16-8-6-9-18(12-16)14-26(17(2)22(28)25-23(3,4)5)21(27)15-29-20-11-7-10-19(24)13-20/h6-13,17H,14-15H2,1-5H3,(H,25,28)/t17-/m0/s1. The molecule has 0 unspecified atom stereocenters. The molecule has 0 aliphatic carbocycles. The fourth-order valence-electron chi connectivity index (χ4n) is 2.85. The molecule has 0 aliphatic rings. The van der Waals surface area contributed by atoms with E-state index in [0.717, 1.165) is 11.1 Å². The monoisotopic (exact) mass is 416 g/mol. The lowest BCUT2D eigenvalue weighted by Crippen LogP contribution is -2.53.